The van der Waals surface area contributed by atoms with Crippen molar-refractivity contribution in [2.24, 2.45) is 0 Å². The third kappa shape index (κ3) is 2.30. The van der Waals surface area contributed by atoms with E-state index in [-0.39, 0.29) is 10.7 Å². The molecule has 3 aromatic rings. The Balaban J connectivity index is 1.75. The molecule has 1 aliphatic carbocycles. The molecule has 0 atom stereocenters. The van der Waals surface area contributed by atoms with E-state index in [1.54, 1.807) is 18.3 Å². The fraction of sp³-hybridized carbons (Fsp3) is 0.0526. The molecule has 1 aliphatic rings. The monoisotopic (exact) mass is 321 g/mol. The smallest absolute Gasteiger partial charge is 0.342 e. The molecule has 0 N–H and O–H groups in total. The number of ether oxygens (including phenoxy) is 1. The number of hydrogen-bond donors (Lipinski definition) is 0. The maximum absolute atomic E-state index is 12.5. The summed E-state index contributed by atoms with van der Waals surface area (Å²) < 4.78 is 5.77. The van der Waals surface area contributed by atoms with Crippen LogP contribution in [0, 0.1) is 0 Å². The van der Waals surface area contributed by atoms with Gasteiger partial charge < -0.3 is 4.74 Å². The van der Waals surface area contributed by atoms with Crippen LogP contribution >= 0.6 is 11.6 Å². The van der Waals surface area contributed by atoms with Gasteiger partial charge in [0.15, 0.2) is 6.10 Å². The van der Waals surface area contributed by atoms with E-state index < -0.39 is 12.1 Å². The summed E-state index contributed by atoms with van der Waals surface area (Å²) in [6.45, 7) is 0. The second-order valence-corrected chi connectivity index (χ2v) is 5.66. The van der Waals surface area contributed by atoms with E-state index in [4.69, 9.17) is 16.3 Å². The van der Waals surface area contributed by atoms with E-state index in [9.17, 15) is 4.79 Å². The molecule has 0 amide bonds. The second-order valence-electron chi connectivity index (χ2n) is 5.30. The molecular formula is C19H12ClNO2. The summed E-state index contributed by atoms with van der Waals surface area (Å²) in [5.41, 5.74) is 4.44. The highest BCUT2D eigenvalue weighted by atomic mass is 35.5. The molecule has 112 valence electrons. The maximum atomic E-state index is 12.5. The minimum atomic E-state index is -0.473. The van der Waals surface area contributed by atoms with Crippen LogP contribution in [0.1, 0.15) is 27.6 Å². The average Bonchev–Trinajstić information content (AvgIpc) is 2.90. The fourth-order valence-electron chi connectivity index (χ4n) is 2.95. The van der Waals surface area contributed by atoms with Gasteiger partial charge in [0.05, 0.1) is 5.56 Å². The van der Waals surface area contributed by atoms with Crippen molar-refractivity contribution in [2.45, 2.75) is 6.10 Å². The molecule has 1 aromatic heterocycles. The molecule has 2 aromatic carbocycles. The number of benzene rings is 2. The Kier molecular flexibility index (Phi) is 3.36. The van der Waals surface area contributed by atoms with Crippen LogP contribution in [0.15, 0.2) is 66.9 Å². The summed E-state index contributed by atoms with van der Waals surface area (Å²) in [5, 5.41) is 0.150. The Labute approximate surface area is 138 Å². The average molecular weight is 322 g/mol. The number of rotatable bonds is 2. The molecule has 0 unspecified atom stereocenters. The van der Waals surface area contributed by atoms with Crippen molar-refractivity contribution >= 4 is 17.6 Å². The molecule has 0 spiro atoms. The van der Waals surface area contributed by atoms with E-state index >= 15 is 0 Å². The summed E-state index contributed by atoms with van der Waals surface area (Å²) in [6.07, 6.45) is 1.12. The van der Waals surface area contributed by atoms with Crippen molar-refractivity contribution in [3.63, 3.8) is 0 Å². The number of hydrogen-bond acceptors (Lipinski definition) is 3. The SMILES string of the molecule is O=C(OC1c2ccccc2-c2ccccc21)c1cccnc1Cl. The van der Waals surface area contributed by atoms with Crippen molar-refractivity contribution in [2.75, 3.05) is 0 Å². The molecule has 0 aliphatic heterocycles. The predicted molar refractivity (Wildman–Crippen MR) is 88.4 cm³/mol. The Morgan fingerprint density at radius 1 is 0.913 bits per heavy atom. The first-order valence-corrected chi connectivity index (χ1v) is 7.63. The third-order valence-electron chi connectivity index (χ3n) is 3.98. The number of aromatic nitrogens is 1. The summed E-state index contributed by atoms with van der Waals surface area (Å²) >= 11 is 5.99. The summed E-state index contributed by atoms with van der Waals surface area (Å²) in [5.74, 6) is -0.473. The van der Waals surface area contributed by atoms with E-state index in [1.807, 2.05) is 48.5 Å². The van der Waals surface area contributed by atoms with E-state index in [2.05, 4.69) is 4.98 Å². The van der Waals surface area contributed by atoms with Crippen molar-refractivity contribution in [3.8, 4) is 11.1 Å². The first-order valence-electron chi connectivity index (χ1n) is 7.25. The molecule has 0 fully saturated rings. The highest BCUT2D eigenvalue weighted by molar-refractivity contribution is 6.32. The minimum absolute atomic E-state index is 0.150. The van der Waals surface area contributed by atoms with Gasteiger partial charge in [0.2, 0.25) is 0 Å². The van der Waals surface area contributed by atoms with Crippen molar-refractivity contribution in [1.82, 2.24) is 4.98 Å². The second kappa shape index (κ2) is 5.52. The molecule has 0 radical (unpaired) electrons. The molecule has 3 nitrogen and oxygen atoms in total. The Morgan fingerprint density at radius 3 is 2.13 bits per heavy atom. The zero-order valence-corrected chi connectivity index (χ0v) is 12.8. The lowest BCUT2D eigenvalue weighted by atomic mass is 10.1. The van der Waals surface area contributed by atoms with Crippen LogP contribution < -0.4 is 0 Å². The molecule has 4 rings (SSSR count). The largest absolute Gasteiger partial charge is 0.449 e. The quantitative estimate of drug-likeness (QED) is 0.509. The molecular weight excluding hydrogens is 310 g/mol. The summed E-state index contributed by atoms with van der Waals surface area (Å²) in [4.78, 5) is 16.4. The van der Waals surface area contributed by atoms with Gasteiger partial charge in [-0.15, -0.1) is 0 Å². The number of carbonyl (C=O) groups excluding carboxylic acids is 1. The highest BCUT2D eigenvalue weighted by Crippen LogP contribution is 2.45. The van der Waals surface area contributed by atoms with Gasteiger partial charge in [0, 0.05) is 17.3 Å². The van der Waals surface area contributed by atoms with Crippen LogP contribution in [0.4, 0.5) is 0 Å². The summed E-state index contributed by atoms with van der Waals surface area (Å²) in [6, 6.07) is 19.2. The van der Waals surface area contributed by atoms with Gasteiger partial charge in [0.1, 0.15) is 5.15 Å². The predicted octanol–water partition coefficient (Wildman–Crippen LogP) is 4.66. The van der Waals surface area contributed by atoms with E-state index in [0.29, 0.717) is 0 Å². The Bertz CT molecular complexity index is 862. The Morgan fingerprint density at radius 2 is 1.52 bits per heavy atom. The van der Waals surface area contributed by atoms with E-state index in [0.717, 1.165) is 22.3 Å². The van der Waals surface area contributed by atoms with Gasteiger partial charge in [-0.25, -0.2) is 9.78 Å². The van der Waals surface area contributed by atoms with Gasteiger partial charge in [-0.2, -0.15) is 0 Å². The van der Waals surface area contributed by atoms with Gasteiger partial charge in [0.25, 0.3) is 0 Å². The number of carbonyl (C=O) groups is 1. The minimum Gasteiger partial charge on any atom is -0.449 e. The lowest BCUT2D eigenvalue weighted by molar-refractivity contribution is 0.0385. The first-order chi connectivity index (χ1) is 11.3. The standard InChI is InChI=1S/C19H12ClNO2/c20-18-16(10-5-11-21-18)19(22)23-17-14-8-3-1-6-12(14)13-7-2-4-9-15(13)17/h1-11,17H. The lowest BCUT2D eigenvalue weighted by Crippen LogP contribution is -2.11. The van der Waals surface area contributed by atoms with E-state index in [1.165, 1.54) is 0 Å². The number of esters is 1. The normalized spacial score (nSPS) is 12.6. The molecule has 4 heteroatoms. The lowest BCUT2D eigenvalue weighted by Gasteiger charge is -2.15. The Hall–Kier alpha value is -2.65. The molecule has 0 saturated carbocycles. The number of fused-ring (bicyclic) bond motifs is 3. The van der Waals surface area contributed by atoms with Crippen LogP contribution in [-0.4, -0.2) is 11.0 Å². The maximum Gasteiger partial charge on any atom is 0.342 e. The first kappa shape index (κ1) is 14.0. The summed E-state index contributed by atoms with van der Waals surface area (Å²) in [7, 11) is 0. The topological polar surface area (TPSA) is 39.2 Å². The van der Waals surface area contributed by atoms with Crippen LogP contribution in [0.5, 0.6) is 0 Å². The van der Waals surface area contributed by atoms with Crippen LogP contribution in [-0.2, 0) is 4.74 Å². The van der Waals surface area contributed by atoms with Gasteiger partial charge in [-0.05, 0) is 23.3 Å². The molecule has 23 heavy (non-hydrogen) atoms. The van der Waals surface area contributed by atoms with Crippen LogP contribution in [0.3, 0.4) is 0 Å². The van der Waals surface area contributed by atoms with Crippen molar-refractivity contribution < 1.29 is 9.53 Å². The van der Waals surface area contributed by atoms with Gasteiger partial charge in [-0.1, -0.05) is 60.1 Å². The third-order valence-corrected chi connectivity index (χ3v) is 4.28. The molecule has 0 bridgehead atoms. The van der Waals surface area contributed by atoms with Crippen LogP contribution in [0.2, 0.25) is 5.15 Å². The number of pyridine rings is 1. The number of halogens is 1. The molecule has 1 heterocycles. The number of nitrogens with zero attached hydrogens (tertiary/aromatic N) is 1. The van der Waals surface area contributed by atoms with Crippen molar-refractivity contribution in [1.29, 1.82) is 0 Å². The fourth-order valence-corrected chi connectivity index (χ4v) is 3.14. The van der Waals surface area contributed by atoms with Crippen LogP contribution in [0.25, 0.3) is 11.1 Å². The highest BCUT2D eigenvalue weighted by Gasteiger charge is 2.31. The zero-order valence-electron chi connectivity index (χ0n) is 12.1. The van der Waals surface area contributed by atoms with Crippen molar-refractivity contribution in [3.05, 3.63) is 88.7 Å². The zero-order chi connectivity index (χ0) is 15.8. The molecule has 0 saturated heterocycles. The van der Waals surface area contributed by atoms with Gasteiger partial charge >= 0.3 is 5.97 Å². The van der Waals surface area contributed by atoms with Gasteiger partial charge in [-0.3, -0.25) is 0 Å².